The number of aliphatic hydroxyl groups is 2. The molecule has 6 fully saturated rings. The zero-order chi connectivity index (χ0) is 24.5. The molecule has 2 aliphatic heterocycles. The molecule has 0 bridgehead atoms. The van der Waals surface area contributed by atoms with Crippen molar-refractivity contribution < 1.29 is 10.2 Å². The van der Waals surface area contributed by atoms with Gasteiger partial charge in [0.2, 0.25) is 0 Å². The average molecular weight is 489 g/mol. The minimum atomic E-state index is -0.173. The molecule has 6 nitrogen and oxygen atoms in total. The zero-order valence-corrected chi connectivity index (χ0v) is 22.9. The second kappa shape index (κ2) is 9.20. The molecule has 0 aromatic carbocycles. The molecule has 2 N–H and O–H groups in total. The third-order valence-corrected chi connectivity index (χ3v) is 12.7. The molecule has 0 aromatic rings. The monoisotopic (exact) mass is 488 g/mol. The van der Waals surface area contributed by atoms with E-state index in [2.05, 4.69) is 47.5 Å². The van der Waals surface area contributed by atoms with Gasteiger partial charge in [-0.2, -0.15) is 0 Å². The third kappa shape index (κ3) is 4.04. The minimum absolute atomic E-state index is 0.0867. The van der Waals surface area contributed by atoms with E-state index < -0.39 is 0 Å². The van der Waals surface area contributed by atoms with E-state index in [0.717, 1.165) is 70.6 Å². The largest absolute Gasteiger partial charge is 0.391 e. The van der Waals surface area contributed by atoms with Crippen molar-refractivity contribution in [2.75, 3.05) is 66.5 Å². The molecule has 0 amide bonds. The Bertz CT molecular complexity index is 766. The average Bonchev–Trinajstić information content (AvgIpc) is 3.11. The first-order valence-electron chi connectivity index (χ1n) is 14.9. The predicted molar refractivity (Wildman–Crippen MR) is 140 cm³/mol. The Labute approximate surface area is 214 Å². The van der Waals surface area contributed by atoms with Crippen LogP contribution in [-0.4, -0.2) is 121 Å². The molecule has 0 spiro atoms. The summed E-state index contributed by atoms with van der Waals surface area (Å²) in [5.41, 5.74) is 0.428. The number of likely N-dealkylation sites (N-methyl/N-ethyl adjacent to an activating group) is 2. The summed E-state index contributed by atoms with van der Waals surface area (Å²) in [7, 11) is 4.45. The van der Waals surface area contributed by atoms with E-state index >= 15 is 0 Å². The van der Waals surface area contributed by atoms with Crippen molar-refractivity contribution >= 4 is 0 Å². The molecule has 2 heterocycles. The fraction of sp³-hybridized carbons (Fsp3) is 1.00. The van der Waals surface area contributed by atoms with Crippen LogP contribution in [0.25, 0.3) is 0 Å². The highest BCUT2D eigenvalue weighted by atomic mass is 16.3. The van der Waals surface area contributed by atoms with Crippen molar-refractivity contribution in [3.05, 3.63) is 0 Å². The van der Waals surface area contributed by atoms with E-state index in [0.29, 0.717) is 29.3 Å². The molecule has 0 radical (unpaired) electrons. The van der Waals surface area contributed by atoms with Crippen LogP contribution in [0.1, 0.15) is 58.8 Å². The molecule has 6 aliphatic rings. The fourth-order valence-electron chi connectivity index (χ4n) is 10.3. The summed E-state index contributed by atoms with van der Waals surface area (Å²) in [6.07, 6.45) is 8.13. The van der Waals surface area contributed by atoms with Gasteiger partial charge in [0, 0.05) is 64.4 Å². The van der Waals surface area contributed by atoms with Gasteiger partial charge in [0.1, 0.15) is 0 Å². The van der Waals surface area contributed by atoms with Crippen LogP contribution >= 0.6 is 0 Å². The number of nitrogens with zero attached hydrogens (tertiary/aromatic N) is 4. The highest BCUT2D eigenvalue weighted by Gasteiger charge is 2.63. The SMILES string of the molecule is CN1CCN([C@@H]2C[C@@]3(C)[C@H](CC[C@@H]4[C@H]3CC[C@@]3(C)[C@@H](O)[C@H](N5CCN(C)CC5)C[C@@H]43)C[C@H]2O)CC1. The Kier molecular flexibility index (Phi) is 6.59. The van der Waals surface area contributed by atoms with Crippen molar-refractivity contribution in [1.29, 1.82) is 0 Å². The summed E-state index contributed by atoms with van der Waals surface area (Å²) < 4.78 is 0. The molecule has 6 rings (SSSR count). The van der Waals surface area contributed by atoms with Gasteiger partial charge in [-0.1, -0.05) is 13.8 Å². The number of fused-ring (bicyclic) bond motifs is 5. The number of hydrogen-bond donors (Lipinski definition) is 2. The second-order valence-corrected chi connectivity index (χ2v) is 14.2. The molecule has 6 heteroatoms. The lowest BCUT2D eigenvalue weighted by atomic mass is 9.44. The van der Waals surface area contributed by atoms with E-state index in [4.69, 9.17) is 0 Å². The normalized spacial score (nSPS) is 52.6. The van der Waals surface area contributed by atoms with Crippen molar-refractivity contribution in [3.63, 3.8) is 0 Å². The lowest BCUT2D eigenvalue weighted by Crippen LogP contribution is -2.61. The number of hydrogen-bond acceptors (Lipinski definition) is 6. The summed E-state index contributed by atoms with van der Waals surface area (Å²) >= 11 is 0. The third-order valence-electron chi connectivity index (χ3n) is 12.7. The Morgan fingerprint density at radius 2 is 1.26 bits per heavy atom. The summed E-state index contributed by atoms with van der Waals surface area (Å²) in [6.45, 7) is 14.0. The van der Waals surface area contributed by atoms with E-state index in [1.165, 1.54) is 38.5 Å². The van der Waals surface area contributed by atoms with Gasteiger partial charge in [-0.25, -0.2) is 0 Å². The maximum Gasteiger partial charge on any atom is 0.0751 e. The minimum Gasteiger partial charge on any atom is -0.391 e. The van der Waals surface area contributed by atoms with Gasteiger partial charge < -0.3 is 20.0 Å². The van der Waals surface area contributed by atoms with E-state index in [1.807, 2.05) is 0 Å². The summed E-state index contributed by atoms with van der Waals surface area (Å²) in [5.74, 6) is 2.85. The van der Waals surface area contributed by atoms with E-state index in [1.54, 1.807) is 0 Å². The predicted octanol–water partition coefficient (Wildman–Crippen LogP) is 2.20. The maximum atomic E-state index is 11.7. The van der Waals surface area contributed by atoms with Crippen molar-refractivity contribution in [2.24, 2.45) is 34.5 Å². The molecule has 4 saturated carbocycles. The standard InChI is InChI=1S/C29H52N4O2/c1-28-8-7-22-21(23(28)18-24(27(28)35)32-13-9-30(3)10-14-32)6-5-20-17-26(34)25(19-29(20,22)2)33-15-11-31(4)12-16-33/h20-27,34-35H,5-19H2,1-4H3/t20-,21-,22-,23+,24-,25-,26-,27+,28-,29+/m1/s1. The first-order chi connectivity index (χ1) is 16.7. The van der Waals surface area contributed by atoms with Crippen LogP contribution in [0.5, 0.6) is 0 Å². The van der Waals surface area contributed by atoms with Gasteiger partial charge in [-0.15, -0.1) is 0 Å². The first kappa shape index (κ1) is 25.1. The van der Waals surface area contributed by atoms with Gasteiger partial charge in [0.05, 0.1) is 12.2 Å². The summed E-state index contributed by atoms with van der Waals surface area (Å²) in [4.78, 5) is 10.1. The Balaban J connectivity index is 1.21. The summed E-state index contributed by atoms with van der Waals surface area (Å²) in [6, 6.07) is 0.693. The molecule has 2 saturated heterocycles. The molecule has 10 atom stereocenters. The maximum absolute atomic E-state index is 11.7. The van der Waals surface area contributed by atoms with Crippen molar-refractivity contribution in [2.45, 2.75) is 83.1 Å². The van der Waals surface area contributed by atoms with Gasteiger partial charge >= 0.3 is 0 Å². The van der Waals surface area contributed by atoms with Gasteiger partial charge in [-0.05, 0) is 93.5 Å². The fourth-order valence-corrected chi connectivity index (χ4v) is 10.3. The van der Waals surface area contributed by atoms with E-state index in [9.17, 15) is 10.2 Å². The lowest BCUT2D eigenvalue weighted by Gasteiger charge is -2.62. The molecular weight excluding hydrogens is 436 g/mol. The van der Waals surface area contributed by atoms with Gasteiger partial charge in [-0.3, -0.25) is 9.80 Å². The molecule has 35 heavy (non-hydrogen) atoms. The number of rotatable bonds is 2. The topological polar surface area (TPSA) is 53.4 Å². The Hall–Kier alpha value is -0.240. The van der Waals surface area contributed by atoms with Crippen LogP contribution < -0.4 is 0 Å². The van der Waals surface area contributed by atoms with E-state index in [-0.39, 0.29) is 17.6 Å². The number of piperazine rings is 2. The van der Waals surface area contributed by atoms with Crippen LogP contribution in [0, 0.1) is 34.5 Å². The highest BCUT2D eigenvalue weighted by Crippen LogP contribution is 2.66. The van der Waals surface area contributed by atoms with Crippen molar-refractivity contribution in [1.82, 2.24) is 19.6 Å². The zero-order valence-electron chi connectivity index (χ0n) is 22.9. The highest BCUT2D eigenvalue weighted by molar-refractivity contribution is 5.14. The Morgan fingerprint density at radius 3 is 1.89 bits per heavy atom. The molecule has 0 aromatic heterocycles. The van der Waals surface area contributed by atoms with Crippen LogP contribution in [-0.2, 0) is 0 Å². The Morgan fingerprint density at radius 1 is 0.657 bits per heavy atom. The number of aliphatic hydroxyl groups excluding tert-OH is 2. The molecule has 4 aliphatic carbocycles. The van der Waals surface area contributed by atoms with Crippen LogP contribution in [0.3, 0.4) is 0 Å². The smallest absolute Gasteiger partial charge is 0.0751 e. The van der Waals surface area contributed by atoms with Gasteiger partial charge in [0.15, 0.2) is 0 Å². The van der Waals surface area contributed by atoms with Crippen LogP contribution in [0.15, 0.2) is 0 Å². The van der Waals surface area contributed by atoms with Crippen LogP contribution in [0.4, 0.5) is 0 Å². The van der Waals surface area contributed by atoms with Crippen molar-refractivity contribution in [3.8, 4) is 0 Å². The molecule has 200 valence electrons. The second-order valence-electron chi connectivity index (χ2n) is 14.2. The lowest BCUT2D eigenvalue weighted by molar-refractivity contribution is -0.155. The molecule has 0 unspecified atom stereocenters. The van der Waals surface area contributed by atoms with Crippen LogP contribution in [0.2, 0.25) is 0 Å². The molecular formula is C29H52N4O2. The first-order valence-corrected chi connectivity index (χ1v) is 14.9. The van der Waals surface area contributed by atoms with Gasteiger partial charge in [0.25, 0.3) is 0 Å². The quantitative estimate of drug-likeness (QED) is 0.622. The summed E-state index contributed by atoms with van der Waals surface area (Å²) in [5, 5.41) is 23.0.